The lowest BCUT2D eigenvalue weighted by molar-refractivity contribution is 0.215. The maximum Gasteiger partial charge on any atom is 0.152 e. The van der Waals surface area contributed by atoms with E-state index >= 15 is 0 Å². The molecule has 0 aromatic heterocycles. The number of aliphatic hydroxyl groups is 1. The van der Waals surface area contributed by atoms with Crippen molar-refractivity contribution < 1.29 is 13.5 Å². The fraction of sp³-hybridized carbons (Fsp3) is 0.538. The number of hydrogen-bond donors (Lipinski definition) is 2. The van der Waals surface area contributed by atoms with E-state index in [0.717, 1.165) is 6.42 Å². The number of aliphatic hydroxyl groups excluding tert-OH is 1. The van der Waals surface area contributed by atoms with E-state index in [4.69, 9.17) is 11.6 Å². The van der Waals surface area contributed by atoms with Crippen LogP contribution < -0.4 is 5.32 Å². The van der Waals surface area contributed by atoms with Crippen molar-refractivity contribution >= 4 is 27.1 Å². The molecular weight excluding hydrogens is 286 g/mol. The Balaban J connectivity index is 2.36. The summed E-state index contributed by atoms with van der Waals surface area (Å²) in [6, 6.07) is 7.16. The fourth-order valence-electron chi connectivity index (χ4n) is 2.86. The molecule has 1 aliphatic rings. The Kier molecular flexibility index (Phi) is 4.08. The fourth-order valence-corrected chi connectivity index (χ4v) is 4.71. The highest BCUT2D eigenvalue weighted by Gasteiger charge is 2.48. The first kappa shape index (κ1) is 14.6. The molecule has 0 heterocycles. The SMILES string of the molecule is CS(=O)(=O)C1CCCC1(CO)Nc1ccccc1Cl. The molecule has 0 saturated heterocycles. The Hall–Kier alpha value is -0.780. The minimum Gasteiger partial charge on any atom is -0.394 e. The summed E-state index contributed by atoms with van der Waals surface area (Å²) in [4.78, 5) is 0. The molecule has 1 aliphatic carbocycles. The van der Waals surface area contributed by atoms with Crippen molar-refractivity contribution in [1.29, 1.82) is 0 Å². The summed E-state index contributed by atoms with van der Waals surface area (Å²) >= 11 is 6.09. The van der Waals surface area contributed by atoms with E-state index in [-0.39, 0.29) is 6.61 Å². The van der Waals surface area contributed by atoms with Crippen LogP contribution in [0.2, 0.25) is 5.02 Å². The van der Waals surface area contributed by atoms with Gasteiger partial charge in [0.05, 0.1) is 28.1 Å². The topological polar surface area (TPSA) is 66.4 Å². The normalized spacial score (nSPS) is 27.4. The molecule has 19 heavy (non-hydrogen) atoms. The van der Waals surface area contributed by atoms with Crippen molar-refractivity contribution in [2.45, 2.75) is 30.1 Å². The summed E-state index contributed by atoms with van der Waals surface area (Å²) in [6.45, 7) is -0.226. The molecule has 0 aliphatic heterocycles. The number of halogens is 1. The van der Waals surface area contributed by atoms with Crippen molar-refractivity contribution in [2.24, 2.45) is 0 Å². The van der Waals surface area contributed by atoms with Crippen molar-refractivity contribution in [3.05, 3.63) is 29.3 Å². The number of para-hydroxylation sites is 1. The first-order valence-corrected chi connectivity index (χ1v) is 8.55. The predicted octanol–water partition coefficient (Wildman–Crippen LogP) is 2.08. The Morgan fingerprint density at radius 2 is 2.16 bits per heavy atom. The van der Waals surface area contributed by atoms with Crippen molar-refractivity contribution in [1.82, 2.24) is 0 Å². The summed E-state index contributed by atoms with van der Waals surface area (Å²) in [5.74, 6) is 0. The molecule has 1 saturated carbocycles. The molecule has 1 aromatic carbocycles. The van der Waals surface area contributed by atoms with Gasteiger partial charge in [-0.25, -0.2) is 8.42 Å². The monoisotopic (exact) mass is 303 g/mol. The van der Waals surface area contributed by atoms with Crippen LogP contribution in [0.3, 0.4) is 0 Å². The molecule has 6 heteroatoms. The van der Waals surface area contributed by atoms with E-state index < -0.39 is 20.6 Å². The Bertz CT molecular complexity index is 561. The molecule has 0 bridgehead atoms. The number of benzene rings is 1. The van der Waals surface area contributed by atoms with Crippen LogP contribution in [-0.4, -0.2) is 37.2 Å². The van der Waals surface area contributed by atoms with Gasteiger partial charge in [0.25, 0.3) is 0 Å². The smallest absolute Gasteiger partial charge is 0.152 e. The molecule has 4 nitrogen and oxygen atoms in total. The Morgan fingerprint density at radius 1 is 1.47 bits per heavy atom. The Morgan fingerprint density at radius 3 is 2.74 bits per heavy atom. The largest absolute Gasteiger partial charge is 0.394 e. The predicted molar refractivity (Wildman–Crippen MR) is 77.4 cm³/mol. The molecule has 2 N–H and O–H groups in total. The van der Waals surface area contributed by atoms with Gasteiger partial charge in [0.2, 0.25) is 0 Å². The Labute approximate surface area is 118 Å². The van der Waals surface area contributed by atoms with Gasteiger partial charge in [-0.05, 0) is 31.4 Å². The summed E-state index contributed by atoms with van der Waals surface area (Å²) in [5.41, 5.74) is -0.174. The van der Waals surface area contributed by atoms with Gasteiger partial charge in [0.15, 0.2) is 9.84 Å². The van der Waals surface area contributed by atoms with E-state index in [1.807, 2.05) is 12.1 Å². The maximum atomic E-state index is 11.9. The maximum absolute atomic E-state index is 11.9. The highest BCUT2D eigenvalue weighted by molar-refractivity contribution is 7.91. The van der Waals surface area contributed by atoms with Gasteiger partial charge in [-0.2, -0.15) is 0 Å². The molecule has 2 unspecified atom stereocenters. The van der Waals surface area contributed by atoms with Crippen LogP contribution >= 0.6 is 11.6 Å². The lowest BCUT2D eigenvalue weighted by Crippen LogP contribution is -2.51. The molecule has 106 valence electrons. The number of nitrogens with one attached hydrogen (secondary N) is 1. The first-order chi connectivity index (χ1) is 8.89. The van der Waals surface area contributed by atoms with Gasteiger partial charge < -0.3 is 10.4 Å². The zero-order chi connectivity index (χ0) is 14.1. The third-order valence-corrected chi connectivity index (χ3v) is 5.81. The molecule has 0 radical (unpaired) electrons. The lowest BCUT2D eigenvalue weighted by atomic mass is 9.98. The molecular formula is C13H18ClNO3S. The van der Waals surface area contributed by atoms with Gasteiger partial charge in [-0.3, -0.25) is 0 Å². The van der Waals surface area contributed by atoms with Gasteiger partial charge in [-0.15, -0.1) is 0 Å². The standard InChI is InChI=1S/C13H18ClNO3S/c1-19(17,18)12-7-4-8-13(12,9-16)15-11-6-3-2-5-10(11)14/h2-3,5-6,12,15-16H,4,7-9H2,1H3. The average Bonchev–Trinajstić information content (AvgIpc) is 2.76. The van der Waals surface area contributed by atoms with Crippen LogP contribution in [0.1, 0.15) is 19.3 Å². The minimum absolute atomic E-state index is 0.226. The van der Waals surface area contributed by atoms with Crippen LogP contribution in [0.15, 0.2) is 24.3 Å². The second-order valence-corrected chi connectivity index (χ2v) is 7.76. The van der Waals surface area contributed by atoms with Crippen LogP contribution in [0.25, 0.3) is 0 Å². The quantitative estimate of drug-likeness (QED) is 0.894. The minimum atomic E-state index is -3.22. The third-order valence-electron chi connectivity index (χ3n) is 3.76. The summed E-state index contributed by atoms with van der Waals surface area (Å²) in [6.07, 6.45) is 3.18. The van der Waals surface area contributed by atoms with Gasteiger partial charge in [0.1, 0.15) is 0 Å². The van der Waals surface area contributed by atoms with Crippen molar-refractivity contribution in [3.8, 4) is 0 Å². The summed E-state index contributed by atoms with van der Waals surface area (Å²) in [7, 11) is -3.22. The third kappa shape index (κ3) is 2.88. The van der Waals surface area contributed by atoms with Crippen LogP contribution in [0.4, 0.5) is 5.69 Å². The highest BCUT2D eigenvalue weighted by atomic mass is 35.5. The molecule has 1 aromatic rings. The zero-order valence-corrected chi connectivity index (χ0v) is 12.3. The second-order valence-electron chi connectivity index (χ2n) is 5.13. The van der Waals surface area contributed by atoms with Crippen molar-refractivity contribution in [3.63, 3.8) is 0 Å². The van der Waals surface area contributed by atoms with Crippen molar-refractivity contribution in [2.75, 3.05) is 18.2 Å². The molecule has 2 rings (SSSR count). The van der Waals surface area contributed by atoms with E-state index in [1.54, 1.807) is 12.1 Å². The summed E-state index contributed by atoms with van der Waals surface area (Å²) in [5, 5.41) is 12.8. The van der Waals surface area contributed by atoms with E-state index in [0.29, 0.717) is 23.6 Å². The molecule has 0 amide bonds. The van der Waals surface area contributed by atoms with Gasteiger partial charge in [0, 0.05) is 6.26 Å². The molecule has 2 atom stereocenters. The first-order valence-electron chi connectivity index (χ1n) is 6.21. The number of anilines is 1. The lowest BCUT2D eigenvalue weighted by Gasteiger charge is -2.35. The molecule has 0 spiro atoms. The number of hydrogen-bond acceptors (Lipinski definition) is 4. The van der Waals surface area contributed by atoms with Crippen LogP contribution in [0.5, 0.6) is 0 Å². The van der Waals surface area contributed by atoms with E-state index in [9.17, 15) is 13.5 Å². The van der Waals surface area contributed by atoms with E-state index in [2.05, 4.69) is 5.32 Å². The molecule has 1 fully saturated rings. The second kappa shape index (κ2) is 5.31. The van der Waals surface area contributed by atoms with Crippen LogP contribution in [0, 0.1) is 0 Å². The zero-order valence-electron chi connectivity index (χ0n) is 10.8. The van der Waals surface area contributed by atoms with Crippen LogP contribution in [-0.2, 0) is 9.84 Å². The summed E-state index contributed by atoms with van der Waals surface area (Å²) < 4.78 is 23.8. The number of rotatable bonds is 4. The van der Waals surface area contributed by atoms with E-state index in [1.165, 1.54) is 6.26 Å². The van der Waals surface area contributed by atoms with Gasteiger partial charge >= 0.3 is 0 Å². The van der Waals surface area contributed by atoms with Gasteiger partial charge in [-0.1, -0.05) is 23.7 Å². The highest BCUT2D eigenvalue weighted by Crippen LogP contribution is 2.38. The number of sulfone groups is 1. The average molecular weight is 304 g/mol.